The summed E-state index contributed by atoms with van der Waals surface area (Å²) in [5, 5.41) is 9.57. The SMILES string of the molecule is COCC(O)CN(C)C(=O)C=C(C)c1cccc(F)c1. The maximum atomic E-state index is 13.1. The first kappa shape index (κ1) is 16.3. The minimum Gasteiger partial charge on any atom is -0.389 e. The molecule has 1 N–H and O–H groups in total. The maximum Gasteiger partial charge on any atom is 0.246 e. The zero-order chi connectivity index (χ0) is 15.1. The van der Waals surface area contributed by atoms with E-state index in [1.54, 1.807) is 26.1 Å². The number of methoxy groups -OCH3 is 1. The van der Waals surface area contributed by atoms with Crippen LogP contribution in [0.1, 0.15) is 12.5 Å². The zero-order valence-corrected chi connectivity index (χ0v) is 12.0. The Labute approximate surface area is 118 Å². The number of benzene rings is 1. The van der Waals surface area contributed by atoms with Crippen molar-refractivity contribution < 1.29 is 19.0 Å². The molecule has 0 aromatic heterocycles. The molecular weight excluding hydrogens is 261 g/mol. The number of likely N-dealkylation sites (N-methyl/N-ethyl adjacent to an activating group) is 1. The van der Waals surface area contributed by atoms with Gasteiger partial charge in [-0.15, -0.1) is 0 Å². The van der Waals surface area contributed by atoms with E-state index in [9.17, 15) is 14.3 Å². The molecule has 0 heterocycles. The fourth-order valence-corrected chi connectivity index (χ4v) is 1.76. The van der Waals surface area contributed by atoms with Gasteiger partial charge in [-0.25, -0.2) is 4.39 Å². The number of hydrogen-bond donors (Lipinski definition) is 1. The van der Waals surface area contributed by atoms with Crippen LogP contribution in [0.5, 0.6) is 0 Å². The molecule has 1 rings (SSSR count). The van der Waals surface area contributed by atoms with E-state index in [0.717, 1.165) is 0 Å². The highest BCUT2D eigenvalue weighted by Crippen LogP contribution is 2.15. The number of halogens is 1. The molecule has 4 nitrogen and oxygen atoms in total. The summed E-state index contributed by atoms with van der Waals surface area (Å²) < 4.78 is 17.9. The summed E-state index contributed by atoms with van der Waals surface area (Å²) in [6.07, 6.45) is 0.700. The highest BCUT2D eigenvalue weighted by atomic mass is 19.1. The summed E-state index contributed by atoms with van der Waals surface area (Å²) in [6.45, 7) is 2.09. The van der Waals surface area contributed by atoms with E-state index in [0.29, 0.717) is 11.1 Å². The first-order chi connectivity index (χ1) is 9.43. The summed E-state index contributed by atoms with van der Waals surface area (Å²) in [7, 11) is 3.08. The Balaban J connectivity index is 2.70. The molecule has 5 heteroatoms. The number of aliphatic hydroxyl groups is 1. The first-order valence-electron chi connectivity index (χ1n) is 6.30. The molecule has 1 atom stereocenters. The number of amides is 1. The largest absolute Gasteiger partial charge is 0.389 e. The highest BCUT2D eigenvalue weighted by Gasteiger charge is 2.12. The molecule has 110 valence electrons. The standard InChI is InChI=1S/C15H20FNO3/c1-11(12-5-4-6-13(16)8-12)7-15(19)17(2)9-14(18)10-20-3/h4-8,14,18H,9-10H2,1-3H3. The van der Waals surface area contributed by atoms with Crippen molar-refractivity contribution in [1.82, 2.24) is 4.90 Å². The third-order valence-electron chi connectivity index (χ3n) is 2.84. The molecule has 0 bridgehead atoms. The molecule has 0 saturated carbocycles. The van der Waals surface area contributed by atoms with Crippen molar-refractivity contribution in [2.75, 3.05) is 27.3 Å². The number of carbonyl (C=O) groups is 1. The smallest absolute Gasteiger partial charge is 0.246 e. The Morgan fingerprint density at radius 1 is 1.55 bits per heavy atom. The molecule has 20 heavy (non-hydrogen) atoms. The van der Waals surface area contributed by atoms with Crippen LogP contribution in [0.4, 0.5) is 4.39 Å². The average Bonchev–Trinajstić information content (AvgIpc) is 2.38. The van der Waals surface area contributed by atoms with Gasteiger partial charge in [0.1, 0.15) is 5.82 Å². The Kier molecular flexibility index (Phi) is 6.35. The van der Waals surface area contributed by atoms with E-state index in [2.05, 4.69) is 0 Å². The van der Waals surface area contributed by atoms with Crippen molar-refractivity contribution in [2.45, 2.75) is 13.0 Å². The maximum absolute atomic E-state index is 13.1. The van der Waals surface area contributed by atoms with E-state index >= 15 is 0 Å². The van der Waals surface area contributed by atoms with Crippen molar-refractivity contribution in [2.24, 2.45) is 0 Å². The van der Waals surface area contributed by atoms with Gasteiger partial charge in [0, 0.05) is 26.8 Å². The lowest BCUT2D eigenvalue weighted by molar-refractivity contribution is -0.126. The summed E-state index contributed by atoms with van der Waals surface area (Å²) in [4.78, 5) is 13.4. The van der Waals surface area contributed by atoms with Crippen LogP contribution in [-0.2, 0) is 9.53 Å². The molecule has 1 unspecified atom stereocenters. The van der Waals surface area contributed by atoms with Crippen LogP contribution in [0.3, 0.4) is 0 Å². The number of aliphatic hydroxyl groups excluding tert-OH is 1. The fraction of sp³-hybridized carbons (Fsp3) is 0.400. The topological polar surface area (TPSA) is 49.8 Å². The number of hydrogen-bond acceptors (Lipinski definition) is 3. The quantitative estimate of drug-likeness (QED) is 0.807. The van der Waals surface area contributed by atoms with Gasteiger partial charge in [-0.2, -0.15) is 0 Å². The van der Waals surface area contributed by atoms with E-state index in [4.69, 9.17) is 4.74 Å². The van der Waals surface area contributed by atoms with Gasteiger partial charge < -0.3 is 14.7 Å². The van der Waals surface area contributed by atoms with Crippen molar-refractivity contribution in [3.05, 3.63) is 41.7 Å². The van der Waals surface area contributed by atoms with E-state index in [1.807, 2.05) is 0 Å². The number of ether oxygens (including phenoxy) is 1. The molecular formula is C15H20FNO3. The van der Waals surface area contributed by atoms with Crippen LogP contribution < -0.4 is 0 Å². The molecule has 0 fully saturated rings. The van der Waals surface area contributed by atoms with Crippen LogP contribution in [0.25, 0.3) is 5.57 Å². The van der Waals surface area contributed by atoms with Crippen LogP contribution in [0.2, 0.25) is 0 Å². The highest BCUT2D eigenvalue weighted by molar-refractivity contribution is 5.94. The van der Waals surface area contributed by atoms with Gasteiger partial charge in [-0.1, -0.05) is 12.1 Å². The average molecular weight is 281 g/mol. The normalized spacial score (nSPS) is 13.2. The summed E-state index contributed by atoms with van der Waals surface area (Å²) in [6, 6.07) is 6.06. The fourth-order valence-electron chi connectivity index (χ4n) is 1.76. The van der Waals surface area contributed by atoms with Crippen molar-refractivity contribution >= 4 is 11.5 Å². The Morgan fingerprint density at radius 3 is 2.85 bits per heavy atom. The second-order valence-electron chi connectivity index (χ2n) is 4.67. The summed E-state index contributed by atoms with van der Waals surface area (Å²) >= 11 is 0. The molecule has 0 aliphatic rings. The number of carbonyl (C=O) groups excluding carboxylic acids is 1. The Morgan fingerprint density at radius 2 is 2.25 bits per heavy atom. The van der Waals surface area contributed by atoms with Gasteiger partial charge in [0.25, 0.3) is 0 Å². The molecule has 1 aromatic rings. The van der Waals surface area contributed by atoms with Crippen LogP contribution in [0, 0.1) is 5.82 Å². The van der Waals surface area contributed by atoms with Gasteiger partial charge >= 0.3 is 0 Å². The molecule has 0 radical (unpaired) electrons. The molecule has 0 aliphatic heterocycles. The zero-order valence-electron chi connectivity index (χ0n) is 12.0. The monoisotopic (exact) mass is 281 g/mol. The second kappa shape index (κ2) is 7.77. The minimum atomic E-state index is -0.725. The Bertz CT molecular complexity index is 488. The summed E-state index contributed by atoms with van der Waals surface area (Å²) in [5.41, 5.74) is 1.33. The van der Waals surface area contributed by atoms with E-state index in [1.165, 1.54) is 30.2 Å². The molecule has 0 spiro atoms. The van der Waals surface area contributed by atoms with Crippen LogP contribution in [-0.4, -0.2) is 49.3 Å². The van der Waals surface area contributed by atoms with Crippen molar-refractivity contribution in [3.63, 3.8) is 0 Å². The number of rotatable bonds is 6. The molecule has 0 saturated heterocycles. The van der Waals surface area contributed by atoms with Gasteiger partial charge in [-0.3, -0.25) is 4.79 Å². The number of allylic oxidation sites excluding steroid dienone is 1. The number of nitrogens with zero attached hydrogens (tertiary/aromatic N) is 1. The third kappa shape index (κ3) is 5.11. The van der Waals surface area contributed by atoms with Gasteiger partial charge in [-0.05, 0) is 30.2 Å². The third-order valence-corrected chi connectivity index (χ3v) is 2.84. The molecule has 1 amide bonds. The lowest BCUT2D eigenvalue weighted by Gasteiger charge is -2.19. The van der Waals surface area contributed by atoms with Gasteiger partial charge in [0.15, 0.2) is 0 Å². The van der Waals surface area contributed by atoms with E-state index in [-0.39, 0.29) is 24.9 Å². The van der Waals surface area contributed by atoms with Gasteiger partial charge in [0.2, 0.25) is 5.91 Å². The first-order valence-corrected chi connectivity index (χ1v) is 6.30. The Hall–Kier alpha value is -1.72. The predicted octanol–water partition coefficient (Wildman–Crippen LogP) is 1.69. The van der Waals surface area contributed by atoms with Crippen molar-refractivity contribution in [3.8, 4) is 0 Å². The van der Waals surface area contributed by atoms with E-state index < -0.39 is 6.10 Å². The summed E-state index contributed by atoms with van der Waals surface area (Å²) in [5.74, 6) is -0.589. The molecule has 1 aromatic carbocycles. The van der Waals surface area contributed by atoms with Crippen LogP contribution in [0.15, 0.2) is 30.3 Å². The minimum absolute atomic E-state index is 0.171. The molecule has 0 aliphatic carbocycles. The second-order valence-corrected chi connectivity index (χ2v) is 4.67. The lowest BCUT2D eigenvalue weighted by atomic mass is 10.1. The lowest BCUT2D eigenvalue weighted by Crippen LogP contribution is -2.35. The van der Waals surface area contributed by atoms with Crippen molar-refractivity contribution in [1.29, 1.82) is 0 Å². The van der Waals surface area contributed by atoms with Gasteiger partial charge in [0.05, 0.1) is 12.7 Å². The predicted molar refractivity (Wildman–Crippen MR) is 75.6 cm³/mol. The van der Waals surface area contributed by atoms with Crippen LogP contribution >= 0.6 is 0 Å².